The van der Waals surface area contributed by atoms with E-state index in [2.05, 4.69) is 10.2 Å². The Morgan fingerprint density at radius 1 is 1.06 bits per heavy atom. The van der Waals surface area contributed by atoms with Gasteiger partial charge in [0.2, 0.25) is 0 Å². The second-order valence-electron chi connectivity index (χ2n) is 8.39. The number of aromatic amines is 1. The number of para-hydroxylation sites is 1. The minimum Gasteiger partial charge on any atom is -0.330 e. The summed E-state index contributed by atoms with van der Waals surface area (Å²) in [5, 5.41) is 7.28. The Balaban J connectivity index is 1.41. The first-order chi connectivity index (χ1) is 15.5. The summed E-state index contributed by atoms with van der Waals surface area (Å²) in [5.41, 5.74) is 3.00. The summed E-state index contributed by atoms with van der Waals surface area (Å²) in [5.74, 6) is -0.435. The number of benzene rings is 1. The summed E-state index contributed by atoms with van der Waals surface area (Å²) in [7, 11) is 1.64. The Labute approximate surface area is 185 Å². The molecular formula is C24H25N5O3. The molecule has 1 saturated heterocycles. The number of nitrogens with one attached hydrogen (secondary N) is 1. The summed E-state index contributed by atoms with van der Waals surface area (Å²) in [6.07, 6.45) is 5.05. The Kier molecular flexibility index (Phi) is 5.13. The number of amides is 2. The molecule has 1 unspecified atom stereocenters. The van der Waals surface area contributed by atoms with Crippen LogP contribution in [0.1, 0.15) is 57.4 Å². The van der Waals surface area contributed by atoms with Gasteiger partial charge < -0.3 is 14.4 Å². The lowest BCUT2D eigenvalue weighted by Gasteiger charge is -2.35. The van der Waals surface area contributed by atoms with E-state index in [-0.39, 0.29) is 29.0 Å². The summed E-state index contributed by atoms with van der Waals surface area (Å²) in [6, 6.07) is 12.7. The molecule has 0 spiro atoms. The summed E-state index contributed by atoms with van der Waals surface area (Å²) < 4.78 is 1.41. The van der Waals surface area contributed by atoms with Crippen LogP contribution in [0.5, 0.6) is 0 Å². The monoisotopic (exact) mass is 431 g/mol. The molecule has 3 aromatic rings. The number of fused-ring (bicyclic) bond motifs is 1. The molecule has 0 saturated carbocycles. The molecule has 32 heavy (non-hydrogen) atoms. The van der Waals surface area contributed by atoms with Gasteiger partial charge in [0.05, 0.1) is 11.7 Å². The molecule has 1 fully saturated rings. The standard InChI is InChI=1S/C24H25N5O3/c1-27-12-6-8-17(22(27)30)23(31)28-13-5-4-10-21(28)18-15-19(26-25-18)24(32)29-14-11-16-7-2-3-9-20(16)29/h2-3,6-9,12,15,21H,4-5,10-11,13-14H2,1H3,(H,25,26). The van der Waals surface area contributed by atoms with Crippen LogP contribution in [0.15, 0.2) is 53.5 Å². The zero-order valence-electron chi connectivity index (χ0n) is 18.0. The summed E-state index contributed by atoms with van der Waals surface area (Å²) in [6.45, 7) is 1.19. The molecule has 8 heteroatoms. The lowest BCUT2D eigenvalue weighted by atomic mass is 9.98. The van der Waals surface area contributed by atoms with Gasteiger partial charge in [-0.1, -0.05) is 18.2 Å². The van der Waals surface area contributed by atoms with E-state index in [1.807, 2.05) is 24.3 Å². The summed E-state index contributed by atoms with van der Waals surface area (Å²) >= 11 is 0. The highest BCUT2D eigenvalue weighted by atomic mass is 16.2. The normalized spacial score (nSPS) is 18.0. The molecule has 0 bridgehead atoms. The molecule has 5 rings (SSSR count). The number of anilines is 1. The minimum atomic E-state index is -0.310. The number of carbonyl (C=O) groups excluding carboxylic acids is 2. The Hall–Kier alpha value is -3.68. The average Bonchev–Trinajstić information content (AvgIpc) is 3.48. The van der Waals surface area contributed by atoms with Crippen molar-refractivity contribution in [3.8, 4) is 0 Å². The van der Waals surface area contributed by atoms with Crippen LogP contribution in [0, 0.1) is 0 Å². The zero-order chi connectivity index (χ0) is 22.2. The van der Waals surface area contributed by atoms with Crippen molar-refractivity contribution in [1.29, 1.82) is 0 Å². The van der Waals surface area contributed by atoms with Gasteiger partial charge >= 0.3 is 0 Å². The van der Waals surface area contributed by atoms with Gasteiger partial charge in [-0.2, -0.15) is 5.10 Å². The van der Waals surface area contributed by atoms with E-state index in [1.54, 1.807) is 41.2 Å². The maximum absolute atomic E-state index is 13.2. The molecule has 8 nitrogen and oxygen atoms in total. The first-order valence-corrected chi connectivity index (χ1v) is 11.0. The maximum atomic E-state index is 13.2. The van der Waals surface area contributed by atoms with E-state index >= 15 is 0 Å². The molecule has 4 heterocycles. The number of nitrogens with zero attached hydrogens (tertiary/aromatic N) is 4. The van der Waals surface area contributed by atoms with Gasteiger partial charge in [0, 0.05) is 32.0 Å². The van der Waals surface area contributed by atoms with Crippen LogP contribution >= 0.6 is 0 Å². The first kappa shape index (κ1) is 20.2. The number of piperidine rings is 1. The van der Waals surface area contributed by atoms with Crippen molar-refractivity contribution in [2.24, 2.45) is 7.05 Å². The minimum absolute atomic E-state index is 0.150. The molecule has 0 radical (unpaired) electrons. The summed E-state index contributed by atoms with van der Waals surface area (Å²) in [4.78, 5) is 42.4. The Bertz CT molecular complexity index is 1240. The smallest absolute Gasteiger partial charge is 0.278 e. The van der Waals surface area contributed by atoms with Crippen LogP contribution in [-0.4, -0.2) is 44.6 Å². The number of pyridine rings is 1. The zero-order valence-corrected chi connectivity index (χ0v) is 18.0. The van der Waals surface area contributed by atoms with Crippen LogP contribution in [0.2, 0.25) is 0 Å². The van der Waals surface area contributed by atoms with E-state index in [9.17, 15) is 14.4 Å². The molecular weight excluding hydrogens is 406 g/mol. The van der Waals surface area contributed by atoms with E-state index in [1.165, 1.54) is 4.57 Å². The van der Waals surface area contributed by atoms with Crippen LogP contribution < -0.4 is 10.5 Å². The van der Waals surface area contributed by atoms with Crippen molar-refractivity contribution >= 4 is 17.5 Å². The van der Waals surface area contributed by atoms with Gasteiger partial charge in [-0.05, 0) is 55.5 Å². The highest BCUT2D eigenvalue weighted by molar-refractivity contribution is 6.06. The third-order valence-electron chi connectivity index (χ3n) is 6.43. The molecule has 2 aliphatic heterocycles. The van der Waals surface area contributed by atoms with E-state index in [4.69, 9.17) is 0 Å². The molecule has 1 aromatic carbocycles. The second-order valence-corrected chi connectivity index (χ2v) is 8.39. The van der Waals surface area contributed by atoms with Crippen molar-refractivity contribution in [2.45, 2.75) is 31.7 Å². The van der Waals surface area contributed by atoms with Crippen LogP contribution in [-0.2, 0) is 13.5 Å². The maximum Gasteiger partial charge on any atom is 0.278 e. The van der Waals surface area contributed by atoms with Crippen molar-refractivity contribution in [1.82, 2.24) is 19.7 Å². The van der Waals surface area contributed by atoms with Crippen LogP contribution in [0.4, 0.5) is 5.69 Å². The fourth-order valence-electron chi connectivity index (χ4n) is 4.72. The van der Waals surface area contributed by atoms with Crippen LogP contribution in [0.3, 0.4) is 0 Å². The van der Waals surface area contributed by atoms with Gasteiger partial charge in [0.15, 0.2) is 5.69 Å². The molecule has 2 aromatic heterocycles. The fourth-order valence-corrected chi connectivity index (χ4v) is 4.72. The van der Waals surface area contributed by atoms with Crippen LogP contribution in [0.25, 0.3) is 0 Å². The third kappa shape index (κ3) is 3.41. The highest BCUT2D eigenvalue weighted by Crippen LogP contribution is 2.32. The first-order valence-electron chi connectivity index (χ1n) is 11.0. The number of hydrogen-bond acceptors (Lipinski definition) is 4. The van der Waals surface area contributed by atoms with Crippen molar-refractivity contribution in [2.75, 3.05) is 18.0 Å². The predicted molar refractivity (Wildman–Crippen MR) is 120 cm³/mol. The van der Waals surface area contributed by atoms with Crippen molar-refractivity contribution in [3.05, 3.63) is 81.5 Å². The lowest BCUT2D eigenvalue weighted by molar-refractivity contribution is 0.0603. The van der Waals surface area contributed by atoms with Gasteiger partial charge in [-0.25, -0.2) is 0 Å². The van der Waals surface area contributed by atoms with Crippen molar-refractivity contribution in [3.63, 3.8) is 0 Å². The fraction of sp³-hybridized carbons (Fsp3) is 0.333. The van der Waals surface area contributed by atoms with Crippen molar-refractivity contribution < 1.29 is 9.59 Å². The molecule has 0 aliphatic carbocycles. The molecule has 1 atom stereocenters. The number of aromatic nitrogens is 3. The average molecular weight is 431 g/mol. The number of hydrogen-bond donors (Lipinski definition) is 1. The number of H-pyrrole nitrogens is 1. The van der Waals surface area contributed by atoms with Gasteiger partial charge in [-0.15, -0.1) is 0 Å². The lowest BCUT2D eigenvalue weighted by Crippen LogP contribution is -2.41. The predicted octanol–water partition coefficient (Wildman–Crippen LogP) is 2.68. The van der Waals surface area contributed by atoms with E-state index in [0.29, 0.717) is 18.8 Å². The second kappa shape index (κ2) is 8.11. The molecule has 2 aliphatic rings. The van der Waals surface area contributed by atoms with Gasteiger partial charge in [-0.3, -0.25) is 19.5 Å². The SMILES string of the molecule is Cn1cccc(C(=O)N2CCCCC2c2cc(C(=O)N3CCc4ccccc43)n[nH]2)c1=O. The Morgan fingerprint density at radius 3 is 2.78 bits per heavy atom. The largest absolute Gasteiger partial charge is 0.330 e. The third-order valence-corrected chi connectivity index (χ3v) is 6.43. The van der Waals surface area contributed by atoms with Gasteiger partial charge in [0.1, 0.15) is 5.56 Å². The van der Waals surface area contributed by atoms with E-state index < -0.39 is 0 Å². The van der Waals surface area contributed by atoms with E-state index in [0.717, 1.165) is 42.6 Å². The number of likely N-dealkylation sites (tertiary alicyclic amines) is 1. The molecule has 164 valence electrons. The quantitative estimate of drug-likeness (QED) is 0.690. The Morgan fingerprint density at radius 2 is 1.91 bits per heavy atom. The number of aryl methyl sites for hydroxylation is 1. The number of carbonyl (C=O) groups is 2. The van der Waals surface area contributed by atoms with Gasteiger partial charge in [0.25, 0.3) is 17.4 Å². The topological polar surface area (TPSA) is 91.3 Å². The highest BCUT2D eigenvalue weighted by Gasteiger charge is 2.33. The molecule has 1 N–H and O–H groups in total. The molecule has 2 amide bonds. The number of rotatable bonds is 3.